The van der Waals surface area contributed by atoms with E-state index in [2.05, 4.69) is 16.3 Å². The van der Waals surface area contributed by atoms with Gasteiger partial charge >= 0.3 is 0 Å². The van der Waals surface area contributed by atoms with E-state index in [-0.39, 0.29) is 11.7 Å². The maximum Gasteiger partial charge on any atom is 0.234 e. The lowest BCUT2D eigenvalue weighted by atomic mass is 10.2. The molecule has 1 saturated heterocycles. The highest BCUT2D eigenvalue weighted by Gasteiger charge is 2.14. The van der Waals surface area contributed by atoms with E-state index in [9.17, 15) is 9.18 Å². The number of benzene rings is 2. The van der Waals surface area contributed by atoms with Crippen LogP contribution in [-0.2, 0) is 4.79 Å². The lowest BCUT2D eigenvalue weighted by Gasteiger charge is -2.25. The maximum atomic E-state index is 12.9. The Labute approximate surface area is 152 Å². The van der Waals surface area contributed by atoms with Gasteiger partial charge in [0, 0.05) is 18.0 Å². The SMILES string of the molecule is O=C(CSc1ccc(F)cc1)Nc1ccccc1N1CCCCCC1. The van der Waals surface area contributed by atoms with E-state index in [1.54, 1.807) is 12.1 Å². The van der Waals surface area contributed by atoms with Crippen molar-refractivity contribution in [1.29, 1.82) is 0 Å². The molecule has 3 nitrogen and oxygen atoms in total. The van der Waals surface area contributed by atoms with Crippen LogP contribution in [0.15, 0.2) is 53.4 Å². The summed E-state index contributed by atoms with van der Waals surface area (Å²) in [5.74, 6) is -0.00302. The van der Waals surface area contributed by atoms with Crippen LogP contribution in [0.25, 0.3) is 0 Å². The van der Waals surface area contributed by atoms with Gasteiger partial charge in [-0.3, -0.25) is 4.79 Å². The molecule has 2 aromatic carbocycles. The molecule has 0 radical (unpaired) electrons. The third-order valence-corrected chi connectivity index (χ3v) is 5.32. The zero-order valence-corrected chi connectivity index (χ0v) is 15.0. The van der Waals surface area contributed by atoms with Gasteiger partial charge in [0.15, 0.2) is 0 Å². The minimum atomic E-state index is -0.264. The highest BCUT2D eigenvalue weighted by molar-refractivity contribution is 8.00. The second kappa shape index (κ2) is 8.90. The van der Waals surface area contributed by atoms with Crippen LogP contribution in [-0.4, -0.2) is 24.7 Å². The molecule has 0 bridgehead atoms. The number of hydrogen-bond donors (Lipinski definition) is 1. The maximum absolute atomic E-state index is 12.9. The van der Waals surface area contributed by atoms with Crippen LogP contribution in [0.4, 0.5) is 15.8 Å². The molecule has 0 aliphatic carbocycles. The van der Waals surface area contributed by atoms with Crippen molar-refractivity contribution in [2.45, 2.75) is 30.6 Å². The molecule has 0 atom stereocenters. The fourth-order valence-electron chi connectivity index (χ4n) is 3.03. The van der Waals surface area contributed by atoms with E-state index < -0.39 is 0 Å². The second-order valence-corrected chi connectivity index (χ2v) is 7.26. The first-order valence-electron chi connectivity index (χ1n) is 8.74. The van der Waals surface area contributed by atoms with Crippen LogP contribution >= 0.6 is 11.8 Å². The molecule has 5 heteroatoms. The number of anilines is 2. The average Bonchev–Trinajstić information content (AvgIpc) is 2.91. The first kappa shape index (κ1) is 17.8. The molecular formula is C20H23FN2OS. The first-order valence-corrected chi connectivity index (χ1v) is 9.73. The number of thioether (sulfide) groups is 1. The second-order valence-electron chi connectivity index (χ2n) is 6.21. The summed E-state index contributed by atoms with van der Waals surface area (Å²) >= 11 is 1.41. The van der Waals surface area contributed by atoms with E-state index in [1.165, 1.54) is 49.6 Å². The van der Waals surface area contributed by atoms with Crippen LogP contribution in [0.5, 0.6) is 0 Å². The van der Waals surface area contributed by atoms with Crippen molar-refractivity contribution in [1.82, 2.24) is 0 Å². The quantitative estimate of drug-likeness (QED) is 0.769. The van der Waals surface area contributed by atoms with Crippen molar-refractivity contribution < 1.29 is 9.18 Å². The van der Waals surface area contributed by atoms with Crippen molar-refractivity contribution in [3.63, 3.8) is 0 Å². The van der Waals surface area contributed by atoms with Gasteiger partial charge in [-0.1, -0.05) is 25.0 Å². The van der Waals surface area contributed by atoms with Crippen LogP contribution < -0.4 is 10.2 Å². The standard InChI is InChI=1S/C20H23FN2OS/c21-16-9-11-17(12-10-16)25-15-20(24)22-18-7-3-4-8-19(18)23-13-5-1-2-6-14-23/h3-4,7-12H,1-2,5-6,13-15H2,(H,22,24). The van der Waals surface area contributed by atoms with Crippen molar-refractivity contribution >= 4 is 29.0 Å². The molecule has 0 unspecified atom stereocenters. The third kappa shape index (κ3) is 5.23. The number of hydrogen-bond acceptors (Lipinski definition) is 3. The van der Waals surface area contributed by atoms with E-state index in [0.717, 1.165) is 29.4 Å². The van der Waals surface area contributed by atoms with E-state index in [4.69, 9.17) is 0 Å². The fourth-order valence-corrected chi connectivity index (χ4v) is 3.73. The van der Waals surface area contributed by atoms with Gasteiger partial charge in [0.1, 0.15) is 5.82 Å². The molecule has 0 spiro atoms. The van der Waals surface area contributed by atoms with Crippen molar-refractivity contribution in [2.75, 3.05) is 29.1 Å². The Balaban J connectivity index is 1.61. The van der Waals surface area contributed by atoms with E-state index >= 15 is 0 Å². The van der Waals surface area contributed by atoms with Crippen LogP contribution in [0.2, 0.25) is 0 Å². The minimum Gasteiger partial charge on any atom is -0.370 e. The molecule has 0 saturated carbocycles. The number of carbonyl (C=O) groups excluding carboxylic acids is 1. The predicted octanol–water partition coefficient (Wildman–Crippen LogP) is 4.94. The van der Waals surface area contributed by atoms with Gasteiger partial charge in [0.2, 0.25) is 5.91 Å². The lowest BCUT2D eigenvalue weighted by Crippen LogP contribution is -2.26. The molecule has 1 aliphatic rings. The summed E-state index contributed by atoms with van der Waals surface area (Å²) in [6, 6.07) is 14.2. The summed E-state index contributed by atoms with van der Waals surface area (Å²) in [4.78, 5) is 15.6. The summed E-state index contributed by atoms with van der Waals surface area (Å²) in [5.41, 5.74) is 1.97. The van der Waals surface area contributed by atoms with Crippen LogP contribution in [0.3, 0.4) is 0 Å². The Morgan fingerprint density at radius 3 is 2.40 bits per heavy atom. The van der Waals surface area contributed by atoms with E-state index in [1.807, 2.05) is 18.2 Å². The van der Waals surface area contributed by atoms with E-state index in [0.29, 0.717) is 5.75 Å². The molecular weight excluding hydrogens is 335 g/mol. The van der Waals surface area contributed by atoms with Gasteiger partial charge in [-0.15, -0.1) is 11.8 Å². The molecule has 1 aliphatic heterocycles. The normalized spacial score (nSPS) is 14.8. The molecule has 2 aromatic rings. The first-order chi connectivity index (χ1) is 12.2. The number of nitrogens with one attached hydrogen (secondary N) is 1. The number of rotatable bonds is 5. The molecule has 0 aromatic heterocycles. The fraction of sp³-hybridized carbons (Fsp3) is 0.350. The molecule has 1 heterocycles. The number of nitrogens with zero attached hydrogens (tertiary/aromatic N) is 1. The summed E-state index contributed by atoms with van der Waals surface area (Å²) in [7, 11) is 0. The van der Waals surface area contributed by atoms with Crippen molar-refractivity contribution in [3.05, 3.63) is 54.3 Å². The number of para-hydroxylation sites is 2. The lowest BCUT2D eigenvalue weighted by molar-refractivity contribution is -0.113. The molecule has 3 rings (SSSR count). The summed E-state index contributed by atoms with van der Waals surface area (Å²) in [5, 5.41) is 3.03. The largest absolute Gasteiger partial charge is 0.370 e. The van der Waals surface area contributed by atoms with Gasteiger partial charge < -0.3 is 10.2 Å². The Morgan fingerprint density at radius 2 is 1.68 bits per heavy atom. The third-order valence-electron chi connectivity index (χ3n) is 4.31. The monoisotopic (exact) mass is 358 g/mol. The Bertz CT molecular complexity index is 697. The molecule has 1 N–H and O–H groups in total. The van der Waals surface area contributed by atoms with Gasteiger partial charge in [0.25, 0.3) is 0 Å². The predicted molar refractivity (Wildman–Crippen MR) is 103 cm³/mol. The van der Waals surface area contributed by atoms with Gasteiger partial charge in [-0.2, -0.15) is 0 Å². The topological polar surface area (TPSA) is 32.3 Å². The summed E-state index contributed by atoms with van der Waals surface area (Å²) in [6.07, 6.45) is 4.95. The zero-order valence-electron chi connectivity index (χ0n) is 14.2. The molecule has 1 amide bonds. The summed E-state index contributed by atoms with van der Waals surface area (Å²) < 4.78 is 12.9. The summed E-state index contributed by atoms with van der Waals surface area (Å²) in [6.45, 7) is 2.08. The van der Waals surface area contributed by atoms with Crippen LogP contribution in [0.1, 0.15) is 25.7 Å². The smallest absolute Gasteiger partial charge is 0.234 e. The molecule has 132 valence electrons. The molecule has 1 fully saturated rings. The number of halogens is 1. The van der Waals surface area contributed by atoms with Gasteiger partial charge in [-0.05, 0) is 49.2 Å². The highest BCUT2D eigenvalue weighted by Crippen LogP contribution is 2.28. The molecule has 25 heavy (non-hydrogen) atoms. The zero-order chi connectivity index (χ0) is 17.5. The van der Waals surface area contributed by atoms with Gasteiger partial charge in [0.05, 0.1) is 17.1 Å². The minimum absolute atomic E-state index is 0.0448. The average molecular weight is 358 g/mol. The van der Waals surface area contributed by atoms with Gasteiger partial charge in [-0.25, -0.2) is 4.39 Å². The number of carbonyl (C=O) groups is 1. The Kier molecular flexibility index (Phi) is 6.34. The highest BCUT2D eigenvalue weighted by atomic mass is 32.2. The van der Waals surface area contributed by atoms with Crippen LogP contribution in [0, 0.1) is 5.82 Å². The number of amides is 1. The van der Waals surface area contributed by atoms with Crippen molar-refractivity contribution in [2.24, 2.45) is 0 Å². The Morgan fingerprint density at radius 1 is 1.00 bits per heavy atom. The Hall–Kier alpha value is -2.01. The van der Waals surface area contributed by atoms with Crippen molar-refractivity contribution in [3.8, 4) is 0 Å².